The van der Waals surface area contributed by atoms with Gasteiger partial charge in [-0.1, -0.05) is 22.0 Å². The van der Waals surface area contributed by atoms with E-state index in [4.69, 9.17) is 18.9 Å². The van der Waals surface area contributed by atoms with E-state index < -0.39 is 11.9 Å². The van der Waals surface area contributed by atoms with Gasteiger partial charge in [0.25, 0.3) is 0 Å². The minimum Gasteiger partial charge on any atom is -0.493 e. The molecule has 1 saturated heterocycles. The van der Waals surface area contributed by atoms with E-state index in [2.05, 4.69) is 27.3 Å². The Morgan fingerprint density at radius 3 is 2.68 bits per heavy atom. The van der Waals surface area contributed by atoms with E-state index in [0.717, 1.165) is 24.1 Å². The highest BCUT2D eigenvalue weighted by Gasteiger charge is 2.42. The molecule has 0 amide bonds. The molecule has 7 nitrogen and oxygen atoms in total. The third-order valence-corrected chi connectivity index (χ3v) is 8.95. The Morgan fingerprint density at radius 2 is 2.00 bits per heavy atom. The first-order chi connectivity index (χ1) is 17.9. The van der Waals surface area contributed by atoms with Crippen molar-refractivity contribution in [3.05, 3.63) is 67.1 Å². The van der Waals surface area contributed by atoms with Gasteiger partial charge in [-0.05, 0) is 55.3 Å². The zero-order valence-electron chi connectivity index (χ0n) is 21.1. The number of allylic oxidation sites excluding steroid dienone is 3. The van der Waals surface area contributed by atoms with Gasteiger partial charge in [-0.15, -0.1) is 11.3 Å². The van der Waals surface area contributed by atoms with Crippen LogP contribution in [0.15, 0.2) is 56.7 Å². The molecule has 1 aromatic carbocycles. The Bertz CT molecular complexity index is 1260. The number of dihydropyridines is 1. The number of methoxy groups -OCH3 is 2. The van der Waals surface area contributed by atoms with Crippen molar-refractivity contribution >= 4 is 39.0 Å². The lowest BCUT2D eigenvalue weighted by Gasteiger charge is -2.37. The van der Waals surface area contributed by atoms with E-state index in [-0.39, 0.29) is 24.4 Å². The zero-order chi connectivity index (χ0) is 26.1. The Labute approximate surface area is 228 Å². The lowest BCUT2D eigenvalue weighted by molar-refractivity contribution is -0.142. The number of Topliss-reactive ketones (excluding diaryl/α,β-unsaturated/α-hetero) is 1. The van der Waals surface area contributed by atoms with Gasteiger partial charge in [0.05, 0.1) is 25.9 Å². The molecular formula is C28H30BrNO6S. The predicted molar refractivity (Wildman–Crippen MR) is 144 cm³/mol. The molecule has 196 valence electrons. The molecule has 2 aliphatic heterocycles. The quantitative estimate of drug-likeness (QED) is 0.421. The fourth-order valence-electron chi connectivity index (χ4n) is 5.46. The van der Waals surface area contributed by atoms with Gasteiger partial charge >= 0.3 is 5.97 Å². The zero-order valence-corrected chi connectivity index (χ0v) is 23.5. The molecule has 0 unspecified atom stereocenters. The molecule has 5 rings (SSSR count). The van der Waals surface area contributed by atoms with E-state index in [1.165, 1.54) is 4.88 Å². The topological polar surface area (TPSA) is 83.1 Å². The summed E-state index contributed by atoms with van der Waals surface area (Å²) in [6, 6.07) is 7.74. The van der Waals surface area contributed by atoms with E-state index in [1.807, 2.05) is 30.5 Å². The van der Waals surface area contributed by atoms with Gasteiger partial charge in [0.15, 0.2) is 17.3 Å². The molecule has 3 atom stereocenters. The Morgan fingerprint density at radius 1 is 1.22 bits per heavy atom. The maximum Gasteiger partial charge on any atom is 0.336 e. The highest BCUT2D eigenvalue weighted by atomic mass is 79.9. The smallest absolute Gasteiger partial charge is 0.336 e. The second-order valence-electron chi connectivity index (χ2n) is 9.49. The van der Waals surface area contributed by atoms with E-state index in [9.17, 15) is 9.59 Å². The maximum atomic E-state index is 13.8. The third-order valence-electron chi connectivity index (χ3n) is 7.23. The molecule has 0 radical (unpaired) electrons. The first kappa shape index (κ1) is 26.0. The van der Waals surface area contributed by atoms with Crippen molar-refractivity contribution in [3.63, 3.8) is 0 Å². The van der Waals surface area contributed by atoms with E-state index >= 15 is 0 Å². The molecule has 37 heavy (non-hydrogen) atoms. The summed E-state index contributed by atoms with van der Waals surface area (Å²) in [5, 5.41) is 5.45. The summed E-state index contributed by atoms with van der Waals surface area (Å²) in [4.78, 5) is 28.6. The summed E-state index contributed by atoms with van der Waals surface area (Å²) in [6.07, 6.45) is 2.82. The molecule has 3 heterocycles. The highest BCUT2D eigenvalue weighted by molar-refractivity contribution is 9.10. The van der Waals surface area contributed by atoms with Gasteiger partial charge in [-0.2, -0.15) is 0 Å². The fraction of sp³-hybridized carbons (Fsp3) is 0.429. The summed E-state index contributed by atoms with van der Waals surface area (Å²) >= 11 is 5.34. The number of halogens is 1. The van der Waals surface area contributed by atoms with Crippen molar-refractivity contribution in [3.8, 4) is 11.5 Å². The molecular weight excluding hydrogens is 558 g/mol. The summed E-state index contributed by atoms with van der Waals surface area (Å²) < 4.78 is 23.2. The van der Waals surface area contributed by atoms with Crippen LogP contribution in [-0.2, 0) is 19.1 Å². The predicted octanol–water partition coefficient (Wildman–Crippen LogP) is 5.61. The van der Waals surface area contributed by atoms with Crippen LogP contribution < -0.4 is 14.8 Å². The number of ketones is 1. The lowest BCUT2D eigenvalue weighted by atomic mass is 9.72. The standard InChI is InChI=1S/C28H30BrNO6S/c1-15-25(28(32)36-14-17-6-4-8-35-17)26(18-12-22(33-2)23(34-3)13-19(18)29)27-20(30-15)10-16(11-21(27)31)24-7-5-9-37-24/h5,7,9,12-13,16-17,26,30H,4,6,8,10-11,14H2,1-3H3/t16-,17-,26-/m0/s1. The van der Waals surface area contributed by atoms with Gasteiger partial charge in [0, 0.05) is 51.2 Å². The van der Waals surface area contributed by atoms with Crippen molar-refractivity contribution in [1.82, 2.24) is 5.32 Å². The van der Waals surface area contributed by atoms with Gasteiger partial charge in [0.2, 0.25) is 0 Å². The maximum absolute atomic E-state index is 13.8. The van der Waals surface area contributed by atoms with Crippen LogP contribution in [0.25, 0.3) is 0 Å². The average molecular weight is 589 g/mol. The van der Waals surface area contributed by atoms with Crippen LogP contribution in [0.2, 0.25) is 0 Å². The van der Waals surface area contributed by atoms with Crippen LogP contribution in [0.3, 0.4) is 0 Å². The molecule has 1 aliphatic carbocycles. The summed E-state index contributed by atoms with van der Waals surface area (Å²) in [5.74, 6) is 0.138. The number of thiophene rings is 1. The molecule has 1 fully saturated rings. The van der Waals surface area contributed by atoms with Crippen LogP contribution in [-0.4, -0.2) is 45.3 Å². The van der Waals surface area contributed by atoms with Crippen LogP contribution in [0.1, 0.15) is 54.9 Å². The summed E-state index contributed by atoms with van der Waals surface area (Å²) in [7, 11) is 3.14. The van der Waals surface area contributed by atoms with Crippen molar-refractivity contribution in [1.29, 1.82) is 0 Å². The Balaban J connectivity index is 1.58. The van der Waals surface area contributed by atoms with Crippen molar-refractivity contribution < 1.29 is 28.5 Å². The number of ether oxygens (including phenoxy) is 4. The number of hydrogen-bond acceptors (Lipinski definition) is 8. The van der Waals surface area contributed by atoms with Gasteiger partial charge in [-0.3, -0.25) is 4.79 Å². The van der Waals surface area contributed by atoms with E-state index in [1.54, 1.807) is 25.6 Å². The van der Waals surface area contributed by atoms with Gasteiger partial charge in [-0.25, -0.2) is 4.79 Å². The molecule has 2 aromatic rings. The lowest BCUT2D eigenvalue weighted by Crippen LogP contribution is -2.36. The van der Waals surface area contributed by atoms with Crippen LogP contribution in [0.5, 0.6) is 11.5 Å². The van der Waals surface area contributed by atoms with E-state index in [0.29, 0.717) is 52.3 Å². The van der Waals surface area contributed by atoms with Crippen LogP contribution >= 0.6 is 27.3 Å². The molecule has 1 aromatic heterocycles. The molecule has 1 N–H and O–H groups in total. The number of hydrogen-bond donors (Lipinski definition) is 1. The van der Waals surface area contributed by atoms with Crippen LogP contribution in [0.4, 0.5) is 0 Å². The van der Waals surface area contributed by atoms with Gasteiger partial charge < -0.3 is 24.3 Å². The van der Waals surface area contributed by atoms with Crippen molar-refractivity contribution in [2.24, 2.45) is 0 Å². The monoisotopic (exact) mass is 587 g/mol. The largest absolute Gasteiger partial charge is 0.493 e. The molecule has 0 bridgehead atoms. The summed E-state index contributed by atoms with van der Waals surface area (Å²) in [5.41, 5.74) is 3.32. The molecule has 3 aliphatic rings. The number of carbonyl (C=O) groups excluding carboxylic acids is 2. The summed E-state index contributed by atoms with van der Waals surface area (Å²) in [6.45, 7) is 2.74. The Kier molecular flexibility index (Phi) is 7.74. The second-order valence-corrected chi connectivity index (χ2v) is 11.3. The number of esters is 1. The SMILES string of the molecule is COc1cc(Br)c([C@H]2C(C(=O)OC[C@@H]3CCCO3)=C(C)NC3=C2C(=O)C[C@@H](c2cccs2)C3)cc1OC. The number of rotatable bonds is 7. The molecule has 0 saturated carbocycles. The average Bonchev–Trinajstić information content (AvgIpc) is 3.61. The minimum atomic E-state index is -0.612. The van der Waals surface area contributed by atoms with Crippen molar-refractivity contribution in [2.45, 2.75) is 50.5 Å². The Hall–Kier alpha value is -2.62. The minimum absolute atomic E-state index is 0.0239. The second kappa shape index (κ2) is 11.0. The number of benzene rings is 1. The van der Waals surface area contributed by atoms with Gasteiger partial charge in [0.1, 0.15) is 6.61 Å². The number of carbonyl (C=O) groups is 2. The normalized spacial score (nSPS) is 23.6. The van der Waals surface area contributed by atoms with Crippen molar-refractivity contribution in [2.75, 3.05) is 27.4 Å². The van der Waals surface area contributed by atoms with Crippen LogP contribution in [0, 0.1) is 0 Å². The fourth-order valence-corrected chi connectivity index (χ4v) is 6.84. The molecule has 0 spiro atoms. The highest BCUT2D eigenvalue weighted by Crippen LogP contribution is 2.49. The first-order valence-corrected chi connectivity index (χ1v) is 14.1. The molecule has 9 heteroatoms. The first-order valence-electron chi connectivity index (χ1n) is 12.4. The third kappa shape index (κ3) is 5.09. The number of nitrogens with one attached hydrogen (secondary N) is 1.